The zero-order valence-corrected chi connectivity index (χ0v) is 95.5. The van der Waals surface area contributed by atoms with E-state index in [-0.39, 0.29) is 65.0 Å². The van der Waals surface area contributed by atoms with Crippen molar-refractivity contribution in [1.82, 2.24) is 0 Å². The first-order chi connectivity index (χ1) is 66.8. The molecule has 11 aromatic carbocycles. The van der Waals surface area contributed by atoms with Gasteiger partial charge in [-0.3, -0.25) is 0 Å². The highest BCUT2D eigenvalue weighted by molar-refractivity contribution is 7.20. The Bertz CT molecular complexity index is 6200. The fourth-order valence-electron chi connectivity index (χ4n) is 35.0. The smallest absolute Gasteiger partial charge is 0.0654 e. The van der Waals surface area contributed by atoms with Gasteiger partial charge >= 0.3 is 0 Å². The van der Waals surface area contributed by atoms with E-state index in [1.165, 1.54) is 373 Å². The van der Waals surface area contributed by atoms with Gasteiger partial charge in [-0.05, 0) is 428 Å². The minimum atomic E-state index is -3.54. The first kappa shape index (κ1) is 103. The maximum atomic E-state index is 3.08. The van der Waals surface area contributed by atoms with Gasteiger partial charge in [0, 0.05) is 0 Å². The van der Waals surface area contributed by atoms with Crippen molar-refractivity contribution < 1.29 is 0 Å². The molecule has 0 radical (unpaired) electrons. The second kappa shape index (κ2) is 38.6. The minimum Gasteiger partial charge on any atom is -0.0654 e. The van der Waals surface area contributed by atoms with Crippen LogP contribution in [0, 0.1) is 34.6 Å². The molecule has 7 aliphatic rings. The van der Waals surface area contributed by atoms with Crippen molar-refractivity contribution in [1.29, 1.82) is 0 Å². The summed E-state index contributed by atoms with van der Waals surface area (Å²) in [6.07, 6.45) is 53.4. The van der Waals surface area contributed by atoms with Crippen molar-refractivity contribution in [3.8, 4) is 33.4 Å². The average molecular weight is 1890 g/mol. The lowest BCUT2D eigenvalue weighted by atomic mass is 9.69. The van der Waals surface area contributed by atoms with Crippen LogP contribution in [0.15, 0.2) is 121 Å². The quantitative estimate of drug-likeness (QED) is 0.0204. The lowest BCUT2D eigenvalue weighted by molar-refractivity contribution is 0.279. The summed E-state index contributed by atoms with van der Waals surface area (Å²) in [6.45, 7) is 72.7. The molecule has 1 aliphatic heterocycles. The first-order valence-corrected chi connectivity index (χ1v) is 61.0. The van der Waals surface area contributed by atoms with Crippen LogP contribution in [0.3, 0.4) is 0 Å². The van der Waals surface area contributed by atoms with Crippen LogP contribution >= 0.6 is 0 Å². The molecule has 11 aromatic rings. The Balaban J connectivity index is 1.15. The van der Waals surface area contributed by atoms with Crippen LogP contribution in [-0.2, 0) is 71.4 Å². The number of hydrogen-bond acceptors (Lipinski definition) is 0. The Morgan fingerprint density at radius 3 is 0.771 bits per heavy atom. The molecule has 0 saturated heterocycles. The number of hydrogen-bond donors (Lipinski definition) is 0. The minimum absolute atomic E-state index is 0.0213. The molecule has 0 N–H and O–H groups in total. The third-order valence-electron chi connectivity index (χ3n) is 39.6. The van der Waals surface area contributed by atoms with Crippen molar-refractivity contribution in [3.05, 3.63) is 221 Å². The predicted octanol–water partition coefficient (Wildman–Crippen LogP) is 39.0. The molecule has 0 nitrogen and oxygen atoms in total. The molecule has 6 aliphatic carbocycles. The molecule has 0 spiro atoms. The van der Waals surface area contributed by atoms with Crippen LogP contribution in [0.1, 0.15) is 529 Å². The van der Waals surface area contributed by atoms with Gasteiger partial charge in [0.2, 0.25) is 0 Å². The third kappa shape index (κ3) is 16.8. The molecule has 750 valence electrons. The van der Waals surface area contributed by atoms with E-state index in [2.05, 4.69) is 315 Å². The van der Waals surface area contributed by atoms with Crippen molar-refractivity contribution in [2.45, 2.75) is 535 Å². The van der Waals surface area contributed by atoms with Gasteiger partial charge in [0.1, 0.15) is 0 Å². The summed E-state index contributed by atoms with van der Waals surface area (Å²) in [7, 11) is -3.54. The highest BCUT2D eigenvalue weighted by Crippen LogP contribution is 2.71. The molecule has 0 amide bonds. The fourth-order valence-corrected chi connectivity index (χ4v) is 40.5. The Morgan fingerprint density at radius 1 is 0.229 bits per heavy atom. The van der Waals surface area contributed by atoms with Gasteiger partial charge in [0.15, 0.2) is 8.07 Å². The zero-order chi connectivity index (χ0) is 99.8. The van der Waals surface area contributed by atoms with Crippen molar-refractivity contribution in [3.63, 3.8) is 0 Å². The molecule has 140 heavy (non-hydrogen) atoms. The van der Waals surface area contributed by atoms with E-state index >= 15 is 0 Å². The Morgan fingerprint density at radius 2 is 0.471 bits per heavy atom. The van der Waals surface area contributed by atoms with Crippen molar-refractivity contribution in [2.24, 2.45) is 0 Å². The van der Waals surface area contributed by atoms with Gasteiger partial charge in [0.05, 0.1) is 0 Å². The van der Waals surface area contributed by atoms with Crippen LogP contribution in [0.5, 0.6) is 0 Å². The Labute approximate surface area is 855 Å². The molecule has 1 unspecified atom stereocenters. The molecule has 1 heteroatoms. The molecular weight excluding hydrogens is 1700 g/mol. The van der Waals surface area contributed by atoms with Crippen LogP contribution < -0.4 is 20.7 Å². The lowest BCUT2D eigenvalue weighted by Gasteiger charge is -2.39. The molecule has 4 bridgehead atoms. The van der Waals surface area contributed by atoms with E-state index in [0.29, 0.717) is 0 Å². The normalized spacial score (nSPS) is 20.3. The van der Waals surface area contributed by atoms with E-state index in [1.807, 2.05) is 0 Å². The molecular formula is C139H190Si. The highest BCUT2D eigenvalue weighted by Gasteiger charge is 2.61. The molecule has 1 heterocycles. The largest absolute Gasteiger partial charge is 0.180 e. The third-order valence-corrected chi connectivity index (χ3v) is 44.3. The standard InChI is InChI=1S/C139H190Si/c1-29-41-55-134(56-42-30-2)86-128(18,19)122-110(134)82-111-123(129(20,21)87-135(111,57-43-31-3)58-44-32-4)118(122)99-76-98-77-100(119-124-112(136(59-45-33-5,60-46-34-6)88-130(124,22)23)83-113-125(119)131(24,25)89-137(113,61-47-35-7)62-48-36-8)79-107-108-80-101-81-109-116(54-53-105(121(108)109)106(78-99)117(98)107)140(102-70-92(13)67-93(14)71-102,103-72-94(15)68-95(16)73-103)104-74-96(17)69-97(75-104)85-133(28)91-139(65-51-39-11,66-52-40-12)115-84-114-126(120(101)127(115)133)132(26,27)90-138(114,63-49-37-9)64-50-38-10/h53-54,67-84H,29-52,55-66,85-91H2,1-28H3. The summed E-state index contributed by atoms with van der Waals surface area (Å²) in [5, 5.41) is 18.0. The summed E-state index contributed by atoms with van der Waals surface area (Å²) in [6, 6.07) is 57.1. The lowest BCUT2D eigenvalue weighted by Crippen LogP contribution is -2.75. The van der Waals surface area contributed by atoms with Crippen molar-refractivity contribution in [2.75, 3.05) is 0 Å². The maximum Gasteiger partial charge on any atom is 0.180 e. The van der Waals surface area contributed by atoms with Gasteiger partial charge in [-0.15, -0.1) is 0 Å². The second-order valence-corrected chi connectivity index (χ2v) is 57.2. The summed E-state index contributed by atoms with van der Waals surface area (Å²) in [4.78, 5) is 0. The molecule has 0 aromatic heterocycles. The maximum absolute atomic E-state index is 3.54. The summed E-state index contributed by atoms with van der Waals surface area (Å²) >= 11 is 0. The second-order valence-electron chi connectivity index (χ2n) is 53.4. The Hall–Kier alpha value is -7.06. The highest BCUT2D eigenvalue weighted by atomic mass is 28.3. The van der Waals surface area contributed by atoms with Gasteiger partial charge in [-0.2, -0.15) is 0 Å². The summed E-state index contributed by atoms with van der Waals surface area (Å²) in [5.41, 5.74) is 38.5. The van der Waals surface area contributed by atoms with Crippen LogP contribution in [0.25, 0.3) is 76.5 Å². The van der Waals surface area contributed by atoms with Crippen molar-refractivity contribution >= 4 is 71.9 Å². The monoisotopic (exact) mass is 1890 g/mol. The number of benzene rings is 11. The van der Waals surface area contributed by atoms with Crippen LogP contribution in [0.2, 0.25) is 0 Å². The number of aryl methyl sites for hydroxylation is 5. The van der Waals surface area contributed by atoms with E-state index in [9.17, 15) is 0 Å². The first-order valence-electron chi connectivity index (χ1n) is 59.0. The molecule has 18 rings (SSSR count). The Kier molecular flexibility index (Phi) is 28.4. The van der Waals surface area contributed by atoms with Crippen LogP contribution in [-0.4, -0.2) is 8.07 Å². The van der Waals surface area contributed by atoms with Gasteiger partial charge in [-0.25, -0.2) is 0 Å². The summed E-state index contributed by atoms with van der Waals surface area (Å²) < 4.78 is 0. The number of fused-ring (bicyclic) bond motifs is 12. The van der Waals surface area contributed by atoms with Gasteiger partial charge in [0.25, 0.3) is 0 Å². The van der Waals surface area contributed by atoms with Crippen LogP contribution in [0.4, 0.5) is 0 Å². The van der Waals surface area contributed by atoms with E-state index in [4.69, 9.17) is 0 Å². The number of unbranched alkanes of at least 4 members (excludes halogenated alkanes) is 12. The molecule has 0 fully saturated rings. The molecule has 0 saturated carbocycles. The van der Waals surface area contributed by atoms with E-state index in [0.717, 1.165) is 6.42 Å². The van der Waals surface area contributed by atoms with E-state index < -0.39 is 8.07 Å². The summed E-state index contributed by atoms with van der Waals surface area (Å²) in [5.74, 6) is 0. The molecule has 1 atom stereocenters. The van der Waals surface area contributed by atoms with Gasteiger partial charge in [-0.1, -0.05) is 426 Å². The SMILES string of the molecule is CCCCC1(CCCC)CC(C)(C)c2c1cc1c(c2-c2cc3cc(-c4c5c(cc6c4C(C)(C)CC6(CCCC)CCCC)C(CCCC)(CCCC)CC5(C)C)cc4c5cc6cc7c(ccc(c(c2)c34)c75)[Si](c2cc(C)cc(C)c2)(c2cc(C)cc(C)c2)c2cc(C)cc(c2)CC2(C)CC(CCCC)(CCCC)c3cc4c(c-6c32)C(C)(C)CC4(CCCC)CCCC)C(C)(C)CC1(CCCC)CCCC. The topological polar surface area (TPSA) is 0 Å². The number of rotatable bonds is 40. The van der Waals surface area contributed by atoms with E-state index in [1.54, 1.807) is 93.8 Å². The van der Waals surface area contributed by atoms with Gasteiger partial charge < -0.3 is 0 Å². The zero-order valence-electron chi connectivity index (χ0n) is 94.5. The predicted molar refractivity (Wildman–Crippen MR) is 620 cm³/mol. The average Bonchev–Trinajstić information content (AvgIpc) is 1.42. The fraction of sp³-hybridized carbons (Fsp3) is 0.597.